The van der Waals surface area contributed by atoms with Crippen molar-refractivity contribution >= 4 is 6.01 Å². The zero-order valence-electron chi connectivity index (χ0n) is 12.7. The summed E-state index contributed by atoms with van der Waals surface area (Å²) in [5.74, 6) is 1.45. The van der Waals surface area contributed by atoms with Crippen molar-refractivity contribution in [1.82, 2.24) is 15.5 Å². The maximum atomic E-state index is 5.50. The molecule has 1 aromatic rings. The van der Waals surface area contributed by atoms with Crippen LogP contribution < -0.4 is 10.6 Å². The second-order valence-electron chi connectivity index (χ2n) is 5.48. The summed E-state index contributed by atoms with van der Waals surface area (Å²) in [4.78, 5) is 0. The Bertz CT molecular complexity index is 338. The highest BCUT2D eigenvalue weighted by molar-refractivity contribution is 5.16. The maximum Gasteiger partial charge on any atom is 0.315 e. The first kappa shape index (κ1) is 16.0. The summed E-state index contributed by atoms with van der Waals surface area (Å²) in [5, 5.41) is 14.2. The molecule has 1 aromatic heterocycles. The van der Waals surface area contributed by atoms with Gasteiger partial charge in [0.1, 0.15) is 0 Å². The second-order valence-corrected chi connectivity index (χ2v) is 5.48. The smallest absolute Gasteiger partial charge is 0.315 e. The average molecular weight is 268 g/mol. The van der Waals surface area contributed by atoms with Crippen LogP contribution in [0, 0.1) is 5.92 Å². The molecular weight excluding hydrogens is 240 g/mol. The van der Waals surface area contributed by atoms with Crippen molar-refractivity contribution in [3.63, 3.8) is 0 Å². The minimum absolute atomic E-state index is 0.0964. The van der Waals surface area contributed by atoms with Crippen LogP contribution in [-0.2, 0) is 0 Å². The number of nitrogens with one attached hydrogen (secondary N) is 2. The molecule has 1 rings (SSSR count). The predicted octanol–water partition coefficient (Wildman–Crippen LogP) is 3.37. The first-order valence-electron chi connectivity index (χ1n) is 7.38. The molecule has 1 heterocycles. The van der Waals surface area contributed by atoms with Crippen LogP contribution in [0.15, 0.2) is 4.42 Å². The Morgan fingerprint density at radius 2 is 1.79 bits per heavy atom. The Hall–Kier alpha value is -1.10. The lowest BCUT2D eigenvalue weighted by Gasteiger charge is -2.05. The summed E-state index contributed by atoms with van der Waals surface area (Å²) in [6.45, 7) is 7.45. The van der Waals surface area contributed by atoms with Gasteiger partial charge in [-0.2, -0.15) is 0 Å². The van der Waals surface area contributed by atoms with E-state index in [-0.39, 0.29) is 6.04 Å². The van der Waals surface area contributed by atoms with Crippen LogP contribution in [-0.4, -0.2) is 23.8 Å². The van der Waals surface area contributed by atoms with Gasteiger partial charge in [0.25, 0.3) is 0 Å². The van der Waals surface area contributed by atoms with E-state index in [2.05, 4.69) is 34.7 Å². The molecule has 1 atom stereocenters. The molecule has 0 saturated heterocycles. The molecular formula is C14H28N4O. The van der Waals surface area contributed by atoms with E-state index in [1.807, 2.05) is 14.0 Å². The van der Waals surface area contributed by atoms with Gasteiger partial charge in [0.05, 0.1) is 6.04 Å². The summed E-state index contributed by atoms with van der Waals surface area (Å²) in [6, 6.07) is 0.623. The normalized spacial score (nSPS) is 12.9. The molecule has 1 unspecified atom stereocenters. The Balaban J connectivity index is 2.08. The largest absolute Gasteiger partial charge is 0.406 e. The third kappa shape index (κ3) is 6.57. The zero-order valence-corrected chi connectivity index (χ0v) is 12.7. The van der Waals surface area contributed by atoms with E-state index in [1.165, 1.54) is 25.7 Å². The topological polar surface area (TPSA) is 63.0 Å². The third-order valence-electron chi connectivity index (χ3n) is 3.23. The van der Waals surface area contributed by atoms with Crippen LogP contribution in [0.5, 0.6) is 0 Å². The lowest BCUT2D eigenvalue weighted by atomic mass is 10.0. The molecule has 5 nitrogen and oxygen atoms in total. The van der Waals surface area contributed by atoms with Gasteiger partial charge in [-0.25, -0.2) is 0 Å². The van der Waals surface area contributed by atoms with E-state index in [0.29, 0.717) is 11.9 Å². The predicted molar refractivity (Wildman–Crippen MR) is 78.2 cm³/mol. The molecule has 0 aliphatic carbocycles. The fourth-order valence-corrected chi connectivity index (χ4v) is 1.83. The molecule has 0 aliphatic rings. The minimum atomic E-state index is 0.0964. The quantitative estimate of drug-likeness (QED) is 0.637. The van der Waals surface area contributed by atoms with Crippen molar-refractivity contribution < 1.29 is 4.42 Å². The first-order valence-corrected chi connectivity index (χ1v) is 7.38. The van der Waals surface area contributed by atoms with E-state index in [4.69, 9.17) is 4.42 Å². The van der Waals surface area contributed by atoms with Gasteiger partial charge in [0.15, 0.2) is 0 Å². The number of rotatable bonds is 10. The van der Waals surface area contributed by atoms with Gasteiger partial charge >= 0.3 is 6.01 Å². The van der Waals surface area contributed by atoms with Crippen LogP contribution in [0.25, 0.3) is 0 Å². The van der Waals surface area contributed by atoms with Gasteiger partial charge < -0.3 is 15.1 Å². The monoisotopic (exact) mass is 268 g/mol. The minimum Gasteiger partial charge on any atom is -0.406 e. The highest BCUT2D eigenvalue weighted by Crippen LogP contribution is 2.13. The number of hydrogen-bond donors (Lipinski definition) is 2. The maximum absolute atomic E-state index is 5.50. The van der Waals surface area contributed by atoms with E-state index < -0.39 is 0 Å². The van der Waals surface area contributed by atoms with Gasteiger partial charge in [-0.3, -0.25) is 0 Å². The van der Waals surface area contributed by atoms with Gasteiger partial charge in [0, 0.05) is 6.54 Å². The van der Waals surface area contributed by atoms with Gasteiger partial charge in [-0.15, -0.1) is 5.10 Å². The molecule has 19 heavy (non-hydrogen) atoms. The van der Waals surface area contributed by atoms with Crippen LogP contribution in [0.4, 0.5) is 6.01 Å². The molecule has 0 fully saturated rings. The Morgan fingerprint density at radius 3 is 2.47 bits per heavy atom. The summed E-state index contributed by atoms with van der Waals surface area (Å²) < 4.78 is 5.50. The van der Waals surface area contributed by atoms with Gasteiger partial charge in [-0.05, 0) is 26.3 Å². The van der Waals surface area contributed by atoms with Crippen molar-refractivity contribution in [2.75, 3.05) is 18.9 Å². The summed E-state index contributed by atoms with van der Waals surface area (Å²) >= 11 is 0. The van der Waals surface area contributed by atoms with E-state index in [1.54, 1.807) is 0 Å². The molecule has 0 aliphatic heterocycles. The number of unbranched alkanes of at least 4 members (excludes halogenated alkanes) is 3. The van der Waals surface area contributed by atoms with Gasteiger partial charge in [-0.1, -0.05) is 44.6 Å². The SMILES string of the molecule is CNC(C)c1nnc(NCCCCCCC(C)C)o1. The van der Waals surface area contributed by atoms with Crippen LogP contribution in [0.2, 0.25) is 0 Å². The Kier molecular flexibility index (Phi) is 7.48. The third-order valence-corrected chi connectivity index (χ3v) is 3.23. The molecule has 0 amide bonds. The van der Waals surface area contributed by atoms with Crippen LogP contribution >= 0.6 is 0 Å². The van der Waals surface area contributed by atoms with E-state index in [0.717, 1.165) is 18.9 Å². The standard InChI is InChI=1S/C14H28N4O/c1-11(2)9-7-5-6-8-10-16-14-18-17-13(19-14)12(3)15-4/h11-12,15H,5-10H2,1-4H3,(H,16,18). The lowest BCUT2D eigenvalue weighted by Crippen LogP contribution is -2.12. The fraction of sp³-hybridized carbons (Fsp3) is 0.857. The molecule has 0 saturated carbocycles. The highest BCUT2D eigenvalue weighted by Gasteiger charge is 2.11. The van der Waals surface area contributed by atoms with Crippen molar-refractivity contribution in [2.24, 2.45) is 5.92 Å². The molecule has 5 heteroatoms. The molecule has 2 N–H and O–H groups in total. The fourth-order valence-electron chi connectivity index (χ4n) is 1.83. The number of nitrogens with zero attached hydrogens (tertiary/aromatic N) is 2. The van der Waals surface area contributed by atoms with Crippen molar-refractivity contribution in [3.05, 3.63) is 5.89 Å². The lowest BCUT2D eigenvalue weighted by molar-refractivity contribution is 0.440. The molecule has 0 aromatic carbocycles. The van der Waals surface area contributed by atoms with Crippen molar-refractivity contribution in [2.45, 2.75) is 58.9 Å². The highest BCUT2D eigenvalue weighted by atomic mass is 16.4. The molecule has 0 spiro atoms. The zero-order chi connectivity index (χ0) is 14.1. The number of aromatic nitrogens is 2. The van der Waals surface area contributed by atoms with E-state index >= 15 is 0 Å². The molecule has 0 bridgehead atoms. The van der Waals surface area contributed by atoms with Crippen molar-refractivity contribution in [3.8, 4) is 0 Å². The Morgan fingerprint density at radius 1 is 1.05 bits per heavy atom. The molecule has 110 valence electrons. The Labute approximate surface area is 116 Å². The first-order chi connectivity index (χ1) is 9.13. The summed E-state index contributed by atoms with van der Waals surface area (Å²) in [6.07, 6.45) is 6.39. The second kappa shape index (κ2) is 8.91. The number of anilines is 1. The average Bonchev–Trinajstić information content (AvgIpc) is 2.85. The van der Waals surface area contributed by atoms with Crippen molar-refractivity contribution in [1.29, 1.82) is 0 Å². The van der Waals surface area contributed by atoms with Gasteiger partial charge in [0.2, 0.25) is 5.89 Å². The summed E-state index contributed by atoms with van der Waals surface area (Å²) in [7, 11) is 1.87. The summed E-state index contributed by atoms with van der Waals surface area (Å²) in [5.41, 5.74) is 0. The van der Waals surface area contributed by atoms with Crippen LogP contribution in [0.3, 0.4) is 0 Å². The van der Waals surface area contributed by atoms with Crippen LogP contribution in [0.1, 0.15) is 64.8 Å². The number of hydrogen-bond acceptors (Lipinski definition) is 5. The van der Waals surface area contributed by atoms with E-state index in [9.17, 15) is 0 Å². The molecule has 0 radical (unpaired) electrons.